The van der Waals surface area contributed by atoms with E-state index in [0.717, 1.165) is 12.1 Å². The molecule has 0 saturated heterocycles. The van der Waals surface area contributed by atoms with Gasteiger partial charge < -0.3 is 4.74 Å². The molecule has 1 aromatic heterocycles. The summed E-state index contributed by atoms with van der Waals surface area (Å²) in [6.45, 7) is 5.86. The zero-order chi connectivity index (χ0) is 16.3. The molecule has 0 saturated carbocycles. The molecule has 1 aromatic carbocycles. The number of nitrogens with one attached hydrogen (secondary N) is 1. The molecule has 0 unspecified atom stereocenters. The first kappa shape index (κ1) is 16.3. The van der Waals surface area contributed by atoms with Crippen LogP contribution in [0.1, 0.15) is 20.8 Å². The Morgan fingerprint density at radius 1 is 1.36 bits per heavy atom. The van der Waals surface area contributed by atoms with E-state index in [4.69, 9.17) is 4.74 Å². The topological polar surface area (TPSA) is 73.2 Å². The number of nitrogens with zero attached hydrogens (tertiary/aromatic N) is 2. The lowest BCUT2D eigenvalue weighted by molar-refractivity contribution is 0.235. The van der Waals surface area contributed by atoms with Crippen LogP contribution in [0.3, 0.4) is 0 Å². The second-order valence-corrected chi connectivity index (χ2v) is 6.55. The summed E-state index contributed by atoms with van der Waals surface area (Å²) in [6.07, 6.45) is 1.25. The Bertz CT molecular complexity index is 756. The molecule has 2 aromatic rings. The maximum Gasteiger partial charge on any atom is 0.266 e. The summed E-state index contributed by atoms with van der Waals surface area (Å²) in [6, 6.07) is 4.93. The number of anilines is 1. The van der Waals surface area contributed by atoms with Crippen LogP contribution >= 0.6 is 0 Å². The molecule has 0 fully saturated rings. The second kappa shape index (κ2) is 6.35. The highest BCUT2D eigenvalue weighted by Gasteiger charge is 2.22. The zero-order valence-corrected chi connectivity index (χ0v) is 13.4. The molecule has 0 bridgehead atoms. The molecule has 0 aliphatic rings. The van der Waals surface area contributed by atoms with Gasteiger partial charge in [-0.15, -0.1) is 0 Å². The Morgan fingerprint density at radius 2 is 2.09 bits per heavy atom. The van der Waals surface area contributed by atoms with Crippen molar-refractivity contribution < 1.29 is 17.5 Å². The molecule has 0 aliphatic heterocycles. The number of aryl methyl sites for hydroxylation is 1. The number of halogens is 1. The minimum atomic E-state index is -3.99. The van der Waals surface area contributed by atoms with E-state index in [-0.39, 0.29) is 16.7 Å². The molecule has 1 N–H and O–H groups in total. The van der Waals surface area contributed by atoms with Gasteiger partial charge in [0, 0.05) is 12.6 Å². The maximum absolute atomic E-state index is 13.5. The number of rotatable bonds is 6. The molecule has 0 amide bonds. The monoisotopic (exact) mass is 327 g/mol. The number of hydrogen-bond donors (Lipinski definition) is 1. The standard InChI is InChI=1S/C14H18FN3O3S/c1-4-18-14(7-8-16-18)17-22(19,20)13-9-11(15)5-6-12(13)21-10(2)3/h5-10,17H,4H2,1-3H3. The highest BCUT2D eigenvalue weighted by Crippen LogP contribution is 2.27. The van der Waals surface area contributed by atoms with E-state index in [1.807, 2.05) is 6.92 Å². The van der Waals surface area contributed by atoms with Gasteiger partial charge in [-0.05, 0) is 39.0 Å². The van der Waals surface area contributed by atoms with Crippen LogP contribution in [0.15, 0.2) is 35.4 Å². The highest BCUT2D eigenvalue weighted by atomic mass is 32.2. The molecule has 1 heterocycles. The summed E-state index contributed by atoms with van der Waals surface area (Å²) in [4.78, 5) is -0.245. The third-order valence-electron chi connectivity index (χ3n) is 2.81. The summed E-state index contributed by atoms with van der Waals surface area (Å²) >= 11 is 0. The molecule has 6 nitrogen and oxygen atoms in total. The summed E-state index contributed by atoms with van der Waals surface area (Å²) in [5.41, 5.74) is 0. The predicted molar refractivity (Wildman–Crippen MR) is 80.9 cm³/mol. The Morgan fingerprint density at radius 3 is 2.73 bits per heavy atom. The quantitative estimate of drug-likeness (QED) is 0.885. The second-order valence-electron chi connectivity index (χ2n) is 4.90. The van der Waals surface area contributed by atoms with Crippen molar-refractivity contribution >= 4 is 15.8 Å². The normalized spacial score (nSPS) is 11.7. The first-order valence-electron chi connectivity index (χ1n) is 6.84. The minimum Gasteiger partial charge on any atom is -0.490 e. The van der Waals surface area contributed by atoms with E-state index >= 15 is 0 Å². The summed E-state index contributed by atoms with van der Waals surface area (Å²) in [5.74, 6) is -0.241. The van der Waals surface area contributed by atoms with Crippen LogP contribution in [0.5, 0.6) is 5.75 Å². The number of benzene rings is 1. The molecule has 2 rings (SSSR count). The third-order valence-corrected chi connectivity index (χ3v) is 4.19. The predicted octanol–water partition coefficient (Wildman–Crippen LogP) is 2.63. The molecule has 0 radical (unpaired) electrons. The molecular weight excluding hydrogens is 309 g/mol. The Balaban J connectivity index is 2.42. The maximum atomic E-state index is 13.5. The molecule has 0 atom stereocenters. The van der Waals surface area contributed by atoms with Gasteiger partial charge in [0.1, 0.15) is 22.3 Å². The minimum absolute atomic E-state index is 0.103. The van der Waals surface area contributed by atoms with Gasteiger partial charge in [-0.2, -0.15) is 5.10 Å². The fourth-order valence-corrected chi connectivity index (χ4v) is 3.11. The van der Waals surface area contributed by atoms with Gasteiger partial charge >= 0.3 is 0 Å². The van der Waals surface area contributed by atoms with Crippen LogP contribution in [0.25, 0.3) is 0 Å². The van der Waals surface area contributed by atoms with Crippen molar-refractivity contribution in [2.75, 3.05) is 4.72 Å². The van der Waals surface area contributed by atoms with Crippen molar-refractivity contribution in [3.8, 4) is 5.75 Å². The van der Waals surface area contributed by atoms with E-state index < -0.39 is 15.8 Å². The fraction of sp³-hybridized carbons (Fsp3) is 0.357. The summed E-state index contributed by atoms with van der Waals surface area (Å²) in [7, 11) is -3.99. The Kier molecular flexibility index (Phi) is 4.70. The van der Waals surface area contributed by atoms with Crippen LogP contribution in [0, 0.1) is 5.82 Å². The molecule has 8 heteroatoms. The molecular formula is C14H18FN3O3S. The molecule has 22 heavy (non-hydrogen) atoms. The molecule has 120 valence electrons. The van der Waals surface area contributed by atoms with E-state index in [1.165, 1.54) is 23.0 Å². The number of ether oxygens (including phenoxy) is 1. The van der Waals surface area contributed by atoms with Crippen molar-refractivity contribution in [3.05, 3.63) is 36.3 Å². The fourth-order valence-electron chi connectivity index (χ4n) is 1.91. The highest BCUT2D eigenvalue weighted by molar-refractivity contribution is 7.92. The summed E-state index contributed by atoms with van der Waals surface area (Å²) in [5, 5.41) is 3.99. The SMILES string of the molecule is CCn1nccc1NS(=O)(=O)c1cc(F)ccc1OC(C)C. The number of aromatic nitrogens is 2. The number of hydrogen-bond acceptors (Lipinski definition) is 4. The van der Waals surface area contributed by atoms with Gasteiger partial charge in [0.25, 0.3) is 10.0 Å². The summed E-state index contributed by atoms with van der Waals surface area (Å²) < 4.78 is 47.9. The van der Waals surface area contributed by atoms with Crippen LogP contribution in [0.2, 0.25) is 0 Å². The zero-order valence-electron chi connectivity index (χ0n) is 12.6. The van der Waals surface area contributed by atoms with Crippen LogP contribution in [-0.2, 0) is 16.6 Å². The van der Waals surface area contributed by atoms with Gasteiger partial charge in [0.05, 0.1) is 12.3 Å². The number of sulfonamides is 1. The first-order valence-corrected chi connectivity index (χ1v) is 8.32. The van der Waals surface area contributed by atoms with E-state index in [0.29, 0.717) is 12.4 Å². The average Bonchev–Trinajstić information content (AvgIpc) is 2.86. The smallest absolute Gasteiger partial charge is 0.266 e. The van der Waals surface area contributed by atoms with Crippen molar-refractivity contribution in [2.45, 2.75) is 38.3 Å². The lowest BCUT2D eigenvalue weighted by Crippen LogP contribution is -2.18. The van der Waals surface area contributed by atoms with Crippen LogP contribution < -0.4 is 9.46 Å². The Labute approximate surface area is 129 Å². The van der Waals surface area contributed by atoms with Crippen molar-refractivity contribution in [1.29, 1.82) is 0 Å². The lowest BCUT2D eigenvalue weighted by atomic mass is 10.3. The van der Waals surface area contributed by atoms with E-state index in [2.05, 4.69) is 9.82 Å². The van der Waals surface area contributed by atoms with Gasteiger partial charge in [0.15, 0.2) is 0 Å². The van der Waals surface area contributed by atoms with Crippen molar-refractivity contribution in [3.63, 3.8) is 0 Å². The molecule has 0 spiro atoms. The van der Waals surface area contributed by atoms with E-state index in [1.54, 1.807) is 13.8 Å². The van der Waals surface area contributed by atoms with E-state index in [9.17, 15) is 12.8 Å². The van der Waals surface area contributed by atoms with Crippen LogP contribution in [0.4, 0.5) is 10.2 Å². The van der Waals surface area contributed by atoms with Crippen LogP contribution in [-0.4, -0.2) is 24.3 Å². The van der Waals surface area contributed by atoms with Crippen molar-refractivity contribution in [1.82, 2.24) is 9.78 Å². The van der Waals surface area contributed by atoms with Gasteiger partial charge in [-0.1, -0.05) is 0 Å². The van der Waals surface area contributed by atoms with Gasteiger partial charge in [-0.3, -0.25) is 4.72 Å². The lowest BCUT2D eigenvalue weighted by Gasteiger charge is -2.15. The third kappa shape index (κ3) is 3.56. The first-order chi connectivity index (χ1) is 10.3. The largest absolute Gasteiger partial charge is 0.490 e. The van der Waals surface area contributed by atoms with Gasteiger partial charge in [-0.25, -0.2) is 17.5 Å². The van der Waals surface area contributed by atoms with Gasteiger partial charge in [0.2, 0.25) is 0 Å². The average molecular weight is 327 g/mol. The molecule has 0 aliphatic carbocycles. The Hall–Kier alpha value is -2.09. The van der Waals surface area contributed by atoms with Crippen molar-refractivity contribution in [2.24, 2.45) is 0 Å².